The summed E-state index contributed by atoms with van der Waals surface area (Å²) in [6.45, 7) is 3.47. The number of nitriles is 1. The Morgan fingerprint density at radius 3 is 2.87 bits per heavy atom. The van der Waals surface area contributed by atoms with Gasteiger partial charge >= 0.3 is 5.69 Å². The summed E-state index contributed by atoms with van der Waals surface area (Å²) >= 11 is 0. The number of pyridine rings is 2. The Hall–Kier alpha value is -3.97. The van der Waals surface area contributed by atoms with Crippen molar-refractivity contribution >= 4 is 21.9 Å². The minimum Gasteiger partial charge on any atom is -0.490 e. The van der Waals surface area contributed by atoms with Crippen LogP contribution in [0.3, 0.4) is 0 Å². The molecule has 39 heavy (non-hydrogen) atoms. The number of nitrogens with zero attached hydrogens (tertiary/aromatic N) is 6. The van der Waals surface area contributed by atoms with E-state index in [0.29, 0.717) is 52.4 Å². The van der Waals surface area contributed by atoms with Crippen molar-refractivity contribution in [2.75, 3.05) is 32.8 Å². The molecule has 10 heteroatoms. The number of aromatic nitrogens is 4. The van der Waals surface area contributed by atoms with E-state index >= 15 is 4.39 Å². The van der Waals surface area contributed by atoms with Crippen LogP contribution >= 0.6 is 0 Å². The fraction of sp³-hybridized carbons (Fsp3) is 0.448. The molecule has 1 saturated carbocycles. The molecule has 1 spiro atoms. The Kier molecular flexibility index (Phi) is 5.60. The number of fused-ring (bicyclic) bond motifs is 1. The number of halogens is 1. The molecule has 2 fully saturated rings. The molecule has 0 bridgehead atoms. The molecular weight excluding hydrogens is 499 g/mol. The van der Waals surface area contributed by atoms with Crippen LogP contribution in [0.15, 0.2) is 35.4 Å². The SMILES string of the molecule is Cn1c(=O)n2c3c4c(c(-c5ccc(OCCCN6CC[C@H](C#N)C6)nc5)c(F)cc4ncc31)OCC21CCC1. The molecule has 0 unspecified atom stereocenters. The quantitative estimate of drug-likeness (QED) is 0.349. The van der Waals surface area contributed by atoms with Gasteiger partial charge in [-0.25, -0.2) is 14.2 Å². The summed E-state index contributed by atoms with van der Waals surface area (Å²) in [6.07, 6.45) is 7.72. The van der Waals surface area contributed by atoms with Gasteiger partial charge in [0, 0.05) is 44.0 Å². The number of rotatable bonds is 6. The average Bonchev–Trinajstić information content (AvgIpc) is 3.43. The number of aryl methyl sites for hydroxylation is 1. The van der Waals surface area contributed by atoms with Crippen LogP contribution in [-0.2, 0) is 12.6 Å². The molecule has 9 nitrogen and oxygen atoms in total. The van der Waals surface area contributed by atoms with Gasteiger partial charge in [0.25, 0.3) is 0 Å². The minimum atomic E-state index is -0.449. The zero-order chi connectivity index (χ0) is 26.7. The molecule has 200 valence electrons. The Morgan fingerprint density at radius 1 is 1.28 bits per heavy atom. The third-order valence-electron chi connectivity index (χ3n) is 8.67. The smallest absolute Gasteiger partial charge is 0.329 e. The summed E-state index contributed by atoms with van der Waals surface area (Å²) in [5.41, 5.74) is 2.28. The van der Waals surface area contributed by atoms with Gasteiger partial charge in [0.2, 0.25) is 5.88 Å². The van der Waals surface area contributed by atoms with E-state index < -0.39 is 11.4 Å². The van der Waals surface area contributed by atoms with Crippen molar-refractivity contribution in [1.82, 2.24) is 24.0 Å². The molecule has 0 radical (unpaired) electrons. The van der Waals surface area contributed by atoms with Crippen molar-refractivity contribution in [3.05, 3.63) is 46.9 Å². The highest BCUT2D eigenvalue weighted by Crippen LogP contribution is 2.48. The molecule has 1 aromatic carbocycles. The van der Waals surface area contributed by atoms with E-state index in [4.69, 9.17) is 14.7 Å². The van der Waals surface area contributed by atoms with E-state index in [0.717, 1.165) is 57.3 Å². The largest absolute Gasteiger partial charge is 0.490 e. The average molecular weight is 529 g/mol. The predicted octanol–water partition coefficient (Wildman–Crippen LogP) is 3.98. The van der Waals surface area contributed by atoms with E-state index in [1.807, 2.05) is 4.57 Å². The fourth-order valence-electron chi connectivity index (χ4n) is 6.38. The van der Waals surface area contributed by atoms with Crippen LogP contribution in [0.5, 0.6) is 11.6 Å². The second-order valence-corrected chi connectivity index (χ2v) is 11.0. The summed E-state index contributed by atoms with van der Waals surface area (Å²) in [5, 5.41) is 9.72. The topological polar surface area (TPSA) is 98.2 Å². The highest BCUT2D eigenvalue weighted by Gasteiger charge is 2.45. The molecule has 2 aliphatic heterocycles. The lowest BCUT2D eigenvalue weighted by Gasteiger charge is -2.41. The zero-order valence-electron chi connectivity index (χ0n) is 21.8. The molecule has 4 aromatic rings. The first-order valence-corrected chi connectivity index (χ1v) is 13.6. The normalized spacial score (nSPS) is 19.8. The zero-order valence-corrected chi connectivity index (χ0v) is 21.8. The van der Waals surface area contributed by atoms with Crippen LogP contribution in [0.4, 0.5) is 4.39 Å². The van der Waals surface area contributed by atoms with Gasteiger partial charge in [0.15, 0.2) is 0 Å². The van der Waals surface area contributed by atoms with Gasteiger partial charge in [-0.05, 0) is 44.7 Å². The molecule has 7 rings (SSSR count). The van der Waals surface area contributed by atoms with Crippen molar-refractivity contribution < 1.29 is 13.9 Å². The Labute approximate surface area is 224 Å². The first-order chi connectivity index (χ1) is 19.0. The minimum absolute atomic E-state index is 0.0981. The third kappa shape index (κ3) is 3.71. The van der Waals surface area contributed by atoms with Crippen LogP contribution in [0, 0.1) is 23.1 Å². The van der Waals surface area contributed by atoms with Crippen LogP contribution in [0.1, 0.15) is 32.1 Å². The molecule has 0 N–H and O–H groups in total. The van der Waals surface area contributed by atoms with Gasteiger partial charge < -0.3 is 14.4 Å². The number of hydrogen-bond donors (Lipinski definition) is 0. The van der Waals surface area contributed by atoms with E-state index in [-0.39, 0.29) is 11.6 Å². The van der Waals surface area contributed by atoms with Crippen molar-refractivity contribution in [3.63, 3.8) is 0 Å². The van der Waals surface area contributed by atoms with E-state index in [9.17, 15) is 4.79 Å². The number of ether oxygens (including phenoxy) is 2. The number of benzene rings is 1. The van der Waals surface area contributed by atoms with Gasteiger partial charge in [-0.2, -0.15) is 5.26 Å². The summed E-state index contributed by atoms with van der Waals surface area (Å²) in [5.74, 6) is 0.561. The van der Waals surface area contributed by atoms with E-state index in [1.165, 1.54) is 6.07 Å². The molecule has 1 aliphatic carbocycles. The maximum absolute atomic E-state index is 15.7. The summed E-state index contributed by atoms with van der Waals surface area (Å²) in [4.78, 5) is 24.6. The van der Waals surface area contributed by atoms with Gasteiger partial charge in [0.1, 0.15) is 18.2 Å². The van der Waals surface area contributed by atoms with Crippen LogP contribution in [0.25, 0.3) is 33.1 Å². The Morgan fingerprint density at radius 2 is 2.15 bits per heavy atom. The van der Waals surface area contributed by atoms with Crippen molar-refractivity contribution in [2.24, 2.45) is 13.0 Å². The molecule has 1 atom stereocenters. The van der Waals surface area contributed by atoms with Gasteiger partial charge in [0.05, 0.1) is 57.8 Å². The Bertz CT molecular complexity index is 1700. The highest BCUT2D eigenvalue weighted by atomic mass is 19.1. The third-order valence-corrected chi connectivity index (χ3v) is 8.67. The standard InChI is InChI=1S/C29H29FN6O3/c1-34-22-15-32-21-12-20(30)24(27-25(21)26(22)36(28(34)37)29(17-39-27)7-2-8-29)19-4-5-23(33-14-19)38-11-3-9-35-10-6-18(13-31)16-35/h4-5,12,14-15,18H,2-3,6-11,16-17H2,1H3/t18-/m1/s1. The number of imidazole rings is 1. The van der Waals surface area contributed by atoms with E-state index in [2.05, 4.69) is 20.9 Å². The molecule has 3 aliphatic rings. The van der Waals surface area contributed by atoms with Gasteiger partial charge in [-0.3, -0.25) is 14.1 Å². The Balaban J connectivity index is 1.20. The lowest BCUT2D eigenvalue weighted by atomic mass is 9.77. The molecule has 1 saturated heterocycles. The van der Waals surface area contributed by atoms with Crippen molar-refractivity contribution in [3.8, 4) is 28.8 Å². The molecular formula is C29H29FN6O3. The van der Waals surface area contributed by atoms with Crippen LogP contribution in [0.2, 0.25) is 0 Å². The van der Waals surface area contributed by atoms with Gasteiger partial charge in [-0.1, -0.05) is 0 Å². The second-order valence-electron chi connectivity index (χ2n) is 11.0. The summed E-state index contributed by atoms with van der Waals surface area (Å²) in [6, 6.07) is 7.29. The maximum Gasteiger partial charge on any atom is 0.329 e. The van der Waals surface area contributed by atoms with E-state index in [1.54, 1.807) is 36.1 Å². The van der Waals surface area contributed by atoms with Crippen LogP contribution in [-0.4, -0.2) is 56.9 Å². The van der Waals surface area contributed by atoms with Crippen molar-refractivity contribution in [2.45, 2.75) is 37.6 Å². The number of hydrogen-bond acceptors (Lipinski definition) is 7. The lowest BCUT2D eigenvalue weighted by Crippen LogP contribution is -2.50. The van der Waals surface area contributed by atoms with Crippen molar-refractivity contribution in [1.29, 1.82) is 5.26 Å². The van der Waals surface area contributed by atoms with Gasteiger partial charge in [-0.15, -0.1) is 0 Å². The first kappa shape index (κ1) is 24.1. The summed E-state index contributed by atoms with van der Waals surface area (Å²) < 4.78 is 31.4. The predicted molar refractivity (Wildman–Crippen MR) is 143 cm³/mol. The lowest BCUT2D eigenvalue weighted by molar-refractivity contribution is 0.0719. The molecule has 3 aromatic heterocycles. The monoisotopic (exact) mass is 528 g/mol. The maximum atomic E-state index is 15.7. The number of likely N-dealkylation sites (tertiary alicyclic amines) is 1. The molecule has 0 amide bonds. The first-order valence-electron chi connectivity index (χ1n) is 13.6. The highest BCUT2D eigenvalue weighted by molar-refractivity contribution is 6.09. The molecule has 5 heterocycles. The summed E-state index contributed by atoms with van der Waals surface area (Å²) in [7, 11) is 1.75. The second kappa shape index (κ2) is 9.06. The van der Waals surface area contributed by atoms with Crippen LogP contribution < -0.4 is 15.2 Å². The fourth-order valence-corrected chi connectivity index (χ4v) is 6.38.